The third-order valence-electron chi connectivity index (χ3n) is 6.21. The molecule has 2 aromatic heterocycles. The van der Waals surface area contributed by atoms with Crippen LogP contribution in [0.25, 0.3) is 50.0 Å². The van der Waals surface area contributed by atoms with Crippen molar-refractivity contribution in [3.05, 3.63) is 115 Å². The van der Waals surface area contributed by atoms with E-state index in [-0.39, 0.29) is 0 Å². The summed E-state index contributed by atoms with van der Waals surface area (Å²) in [7, 11) is -1.52. The van der Waals surface area contributed by atoms with Crippen molar-refractivity contribution in [2.75, 3.05) is 0 Å². The fourth-order valence-electron chi connectivity index (χ4n) is 4.58. The molecule has 5 heteroatoms. The highest BCUT2D eigenvalue weighted by molar-refractivity contribution is 6.59. The van der Waals surface area contributed by atoms with Crippen LogP contribution in [0.5, 0.6) is 0 Å². The largest absolute Gasteiger partial charge is 0.488 e. The molecule has 0 bridgehead atoms. The first-order valence-electron chi connectivity index (χ1n) is 11.2. The first-order valence-corrected chi connectivity index (χ1v) is 11.2. The highest BCUT2D eigenvalue weighted by Gasteiger charge is 2.18. The molecule has 0 fully saturated rings. The van der Waals surface area contributed by atoms with E-state index in [1.165, 1.54) is 0 Å². The van der Waals surface area contributed by atoms with E-state index in [9.17, 15) is 10.0 Å². The van der Waals surface area contributed by atoms with Crippen LogP contribution in [0.2, 0.25) is 0 Å². The van der Waals surface area contributed by atoms with Crippen LogP contribution in [0.3, 0.4) is 0 Å². The number of rotatable bonds is 4. The van der Waals surface area contributed by atoms with Gasteiger partial charge >= 0.3 is 7.12 Å². The van der Waals surface area contributed by atoms with E-state index in [0.717, 1.165) is 50.0 Å². The smallest absolute Gasteiger partial charge is 0.423 e. The van der Waals surface area contributed by atoms with Gasteiger partial charge in [-0.25, -0.2) is 4.98 Å². The average molecular weight is 440 g/mol. The van der Waals surface area contributed by atoms with Gasteiger partial charge in [0.25, 0.3) is 0 Å². The molecular formula is C29H21BN2O2. The summed E-state index contributed by atoms with van der Waals surface area (Å²) in [5.74, 6) is 0.809. The number of nitrogens with zero attached hydrogens (tertiary/aromatic N) is 2. The van der Waals surface area contributed by atoms with E-state index in [0.29, 0.717) is 5.46 Å². The summed E-state index contributed by atoms with van der Waals surface area (Å²) >= 11 is 0. The molecule has 6 rings (SSSR count). The van der Waals surface area contributed by atoms with Gasteiger partial charge in [-0.3, -0.25) is 4.57 Å². The number of fused-ring (bicyclic) bond motifs is 3. The quantitative estimate of drug-likeness (QED) is 0.371. The fraction of sp³-hybridized carbons (Fsp3) is 0. The molecule has 0 atom stereocenters. The molecule has 2 N–H and O–H groups in total. The van der Waals surface area contributed by atoms with Crippen LogP contribution in [0, 0.1) is 0 Å². The zero-order chi connectivity index (χ0) is 23.1. The van der Waals surface area contributed by atoms with E-state index >= 15 is 0 Å². The molecule has 0 spiro atoms. The second-order valence-electron chi connectivity index (χ2n) is 8.33. The Morgan fingerprint density at radius 2 is 1.21 bits per heavy atom. The van der Waals surface area contributed by atoms with Crippen LogP contribution >= 0.6 is 0 Å². The molecule has 0 aliphatic rings. The minimum Gasteiger partial charge on any atom is -0.423 e. The maximum atomic E-state index is 9.74. The summed E-state index contributed by atoms with van der Waals surface area (Å²) in [5.41, 5.74) is 6.58. The first kappa shape index (κ1) is 20.4. The van der Waals surface area contributed by atoms with Gasteiger partial charge in [0.15, 0.2) is 0 Å². The molecule has 0 saturated heterocycles. The second-order valence-corrected chi connectivity index (χ2v) is 8.33. The van der Waals surface area contributed by atoms with Gasteiger partial charge in [0.05, 0.1) is 16.7 Å². The SMILES string of the molecule is OB(O)c1ccc2c(c1)c1ccccc1n2-c1cc(-c2ccccc2)cc(-c2ccccc2)n1. The highest BCUT2D eigenvalue weighted by atomic mass is 16.4. The summed E-state index contributed by atoms with van der Waals surface area (Å²) in [4.78, 5) is 5.09. The molecule has 0 radical (unpaired) electrons. The molecule has 0 unspecified atom stereocenters. The lowest BCUT2D eigenvalue weighted by atomic mass is 9.80. The summed E-state index contributed by atoms with van der Waals surface area (Å²) in [6.45, 7) is 0. The molecule has 4 aromatic carbocycles. The van der Waals surface area contributed by atoms with Gasteiger partial charge < -0.3 is 10.0 Å². The van der Waals surface area contributed by atoms with Crippen LogP contribution < -0.4 is 5.46 Å². The normalized spacial score (nSPS) is 11.2. The standard InChI is InChI=1S/C29H21BN2O2/c33-30(34)23-15-16-28-25(19-23)24-13-7-8-14-27(24)32(28)29-18-22(20-9-3-1-4-10-20)17-26(31-29)21-11-5-2-6-12-21/h1-19,33-34H. The predicted octanol–water partition coefficient (Wildman–Crippen LogP) is 5.19. The summed E-state index contributed by atoms with van der Waals surface area (Å²) in [6.07, 6.45) is 0. The van der Waals surface area contributed by atoms with Crippen LogP contribution in [0.1, 0.15) is 0 Å². The van der Waals surface area contributed by atoms with Crippen molar-refractivity contribution in [2.24, 2.45) is 0 Å². The van der Waals surface area contributed by atoms with Gasteiger partial charge in [0.2, 0.25) is 0 Å². The van der Waals surface area contributed by atoms with Crippen molar-refractivity contribution >= 4 is 34.4 Å². The van der Waals surface area contributed by atoms with E-state index in [4.69, 9.17) is 4.98 Å². The van der Waals surface area contributed by atoms with E-state index in [1.807, 2.05) is 60.7 Å². The maximum absolute atomic E-state index is 9.74. The number of pyridine rings is 1. The molecule has 4 nitrogen and oxygen atoms in total. The number of aromatic nitrogens is 2. The zero-order valence-electron chi connectivity index (χ0n) is 18.3. The third kappa shape index (κ3) is 3.48. The Bertz CT molecular complexity index is 1570. The number of hydrogen-bond acceptors (Lipinski definition) is 3. The summed E-state index contributed by atoms with van der Waals surface area (Å²) in [6, 6.07) is 38.4. The van der Waals surface area contributed by atoms with Gasteiger partial charge in [-0.15, -0.1) is 0 Å². The highest BCUT2D eigenvalue weighted by Crippen LogP contribution is 2.34. The van der Waals surface area contributed by atoms with Gasteiger partial charge in [0, 0.05) is 16.3 Å². The second kappa shape index (κ2) is 8.30. The molecule has 0 saturated carbocycles. The van der Waals surface area contributed by atoms with Crippen LogP contribution in [-0.4, -0.2) is 26.7 Å². The van der Waals surface area contributed by atoms with Gasteiger partial charge in [0.1, 0.15) is 5.82 Å². The minimum atomic E-state index is -1.52. The number of para-hydroxylation sites is 1. The summed E-state index contributed by atoms with van der Waals surface area (Å²) < 4.78 is 2.15. The maximum Gasteiger partial charge on any atom is 0.488 e. The lowest BCUT2D eigenvalue weighted by Crippen LogP contribution is -2.29. The Morgan fingerprint density at radius 3 is 1.94 bits per heavy atom. The Hall–Kier alpha value is -4.19. The fourth-order valence-corrected chi connectivity index (χ4v) is 4.58. The van der Waals surface area contributed by atoms with Crippen LogP contribution in [-0.2, 0) is 0 Å². The molecule has 0 amide bonds. The van der Waals surface area contributed by atoms with Crippen molar-refractivity contribution in [3.8, 4) is 28.2 Å². The lowest BCUT2D eigenvalue weighted by Gasteiger charge is -2.13. The van der Waals surface area contributed by atoms with Gasteiger partial charge in [-0.1, -0.05) is 91.0 Å². The van der Waals surface area contributed by atoms with Gasteiger partial charge in [-0.05, 0) is 40.9 Å². The lowest BCUT2D eigenvalue weighted by molar-refractivity contribution is 0.426. The molecule has 0 aliphatic carbocycles. The molecule has 34 heavy (non-hydrogen) atoms. The van der Waals surface area contributed by atoms with E-state index < -0.39 is 7.12 Å². The molecule has 162 valence electrons. The number of benzene rings is 4. The zero-order valence-corrected chi connectivity index (χ0v) is 18.3. The molecular weight excluding hydrogens is 419 g/mol. The average Bonchev–Trinajstić information content (AvgIpc) is 3.23. The van der Waals surface area contributed by atoms with E-state index in [2.05, 4.69) is 53.1 Å². The van der Waals surface area contributed by atoms with Crippen molar-refractivity contribution in [3.63, 3.8) is 0 Å². The Balaban J connectivity index is 1.68. The molecule has 6 aromatic rings. The Morgan fingerprint density at radius 1 is 0.559 bits per heavy atom. The number of hydrogen-bond donors (Lipinski definition) is 2. The Kier molecular flexibility index (Phi) is 4.99. The third-order valence-corrected chi connectivity index (χ3v) is 6.21. The van der Waals surface area contributed by atoms with Crippen molar-refractivity contribution in [1.82, 2.24) is 9.55 Å². The Labute approximate surface area is 197 Å². The van der Waals surface area contributed by atoms with Crippen molar-refractivity contribution in [2.45, 2.75) is 0 Å². The van der Waals surface area contributed by atoms with Gasteiger partial charge in [-0.2, -0.15) is 0 Å². The predicted molar refractivity (Wildman–Crippen MR) is 139 cm³/mol. The summed E-state index contributed by atoms with van der Waals surface area (Å²) in [5, 5.41) is 21.5. The first-order chi connectivity index (χ1) is 16.7. The van der Waals surface area contributed by atoms with Crippen LogP contribution in [0.15, 0.2) is 115 Å². The van der Waals surface area contributed by atoms with Crippen LogP contribution in [0.4, 0.5) is 0 Å². The van der Waals surface area contributed by atoms with E-state index in [1.54, 1.807) is 6.07 Å². The topological polar surface area (TPSA) is 58.3 Å². The minimum absolute atomic E-state index is 0.464. The molecule has 2 heterocycles. The van der Waals surface area contributed by atoms with Crippen molar-refractivity contribution < 1.29 is 10.0 Å². The molecule has 0 aliphatic heterocycles. The van der Waals surface area contributed by atoms with Crippen molar-refractivity contribution in [1.29, 1.82) is 0 Å². The monoisotopic (exact) mass is 440 g/mol.